The molecule has 0 saturated carbocycles. The van der Waals surface area contributed by atoms with E-state index in [0.29, 0.717) is 13.0 Å². The Labute approximate surface area is 79.3 Å². The summed E-state index contributed by atoms with van der Waals surface area (Å²) in [6.07, 6.45) is 0.810. The molecule has 4 nitrogen and oxygen atoms in total. The number of carbonyl (C=O) groups excluding carboxylic acids is 1. The summed E-state index contributed by atoms with van der Waals surface area (Å²) in [5.41, 5.74) is 0. The topological polar surface area (TPSA) is 58.6 Å². The lowest BCUT2D eigenvalue weighted by atomic mass is 10.2. The first-order valence-corrected chi connectivity index (χ1v) is 4.56. The van der Waals surface area contributed by atoms with Gasteiger partial charge in [0, 0.05) is 13.7 Å². The molecule has 2 atom stereocenters. The Morgan fingerprint density at radius 2 is 2.15 bits per heavy atom. The van der Waals surface area contributed by atoms with Crippen LogP contribution in [-0.2, 0) is 9.53 Å². The molecular weight excluding hydrogens is 170 g/mol. The van der Waals surface area contributed by atoms with E-state index < -0.39 is 6.10 Å². The van der Waals surface area contributed by atoms with Crippen LogP contribution in [0.3, 0.4) is 0 Å². The summed E-state index contributed by atoms with van der Waals surface area (Å²) in [6, 6.07) is 0. The number of aliphatic hydroxyl groups excluding tert-OH is 1. The Bertz CT molecular complexity index is 148. The van der Waals surface area contributed by atoms with E-state index in [0.717, 1.165) is 6.42 Å². The maximum Gasteiger partial charge on any atom is 0.248 e. The minimum Gasteiger partial charge on any atom is -0.393 e. The fourth-order valence-corrected chi connectivity index (χ4v) is 0.860. The molecule has 0 aromatic carbocycles. The number of hydrogen-bond donors (Lipinski definition) is 2. The molecule has 0 aliphatic rings. The highest BCUT2D eigenvalue weighted by Gasteiger charge is 2.09. The number of hydrogen-bond acceptors (Lipinski definition) is 3. The fourth-order valence-electron chi connectivity index (χ4n) is 0.860. The standard InChI is InChI=1S/C9H19NO3/c1-7(11)5-4-6-10-9(12)8(2)13-3/h7-8,11H,4-6H2,1-3H3,(H,10,12). The van der Waals surface area contributed by atoms with Crippen LogP contribution in [0.15, 0.2) is 0 Å². The zero-order valence-electron chi connectivity index (χ0n) is 8.54. The fraction of sp³-hybridized carbons (Fsp3) is 0.889. The lowest BCUT2D eigenvalue weighted by molar-refractivity contribution is -0.130. The van der Waals surface area contributed by atoms with Crippen LogP contribution in [0.1, 0.15) is 26.7 Å². The van der Waals surface area contributed by atoms with Gasteiger partial charge >= 0.3 is 0 Å². The maximum atomic E-state index is 11.1. The van der Waals surface area contributed by atoms with Crippen molar-refractivity contribution in [2.45, 2.75) is 38.9 Å². The van der Waals surface area contributed by atoms with Gasteiger partial charge in [0.05, 0.1) is 6.10 Å². The van der Waals surface area contributed by atoms with E-state index in [-0.39, 0.29) is 12.0 Å². The Morgan fingerprint density at radius 3 is 2.62 bits per heavy atom. The highest BCUT2D eigenvalue weighted by atomic mass is 16.5. The third-order valence-electron chi connectivity index (χ3n) is 1.82. The second-order valence-electron chi connectivity index (χ2n) is 3.16. The number of rotatable bonds is 6. The summed E-state index contributed by atoms with van der Waals surface area (Å²) in [6.45, 7) is 4.03. The molecule has 0 aliphatic heterocycles. The van der Waals surface area contributed by atoms with Crippen LogP contribution < -0.4 is 5.32 Å². The number of aliphatic hydroxyl groups is 1. The summed E-state index contributed by atoms with van der Waals surface area (Å²) in [5, 5.41) is 11.6. The molecule has 0 heterocycles. The van der Waals surface area contributed by atoms with Gasteiger partial charge in [0.15, 0.2) is 0 Å². The third-order valence-corrected chi connectivity index (χ3v) is 1.82. The highest BCUT2D eigenvalue weighted by molar-refractivity contribution is 5.80. The first-order valence-electron chi connectivity index (χ1n) is 4.56. The molecule has 78 valence electrons. The minimum atomic E-state index is -0.397. The van der Waals surface area contributed by atoms with Crippen molar-refractivity contribution < 1.29 is 14.6 Å². The summed E-state index contributed by atoms with van der Waals surface area (Å²) in [5.74, 6) is -0.104. The first-order chi connectivity index (χ1) is 6.07. The van der Waals surface area contributed by atoms with E-state index in [4.69, 9.17) is 9.84 Å². The van der Waals surface area contributed by atoms with Gasteiger partial charge in [0.25, 0.3) is 0 Å². The van der Waals surface area contributed by atoms with Crippen LogP contribution in [-0.4, -0.2) is 36.9 Å². The predicted octanol–water partition coefficient (Wildman–Crippen LogP) is 0.299. The zero-order valence-corrected chi connectivity index (χ0v) is 8.54. The zero-order chi connectivity index (χ0) is 10.3. The second kappa shape index (κ2) is 6.86. The van der Waals surface area contributed by atoms with E-state index in [1.165, 1.54) is 7.11 Å². The summed E-state index contributed by atoms with van der Waals surface area (Å²) in [4.78, 5) is 11.1. The molecule has 0 aromatic heterocycles. The van der Waals surface area contributed by atoms with Crippen LogP contribution >= 0.6 is 0 Å². The van der Waals surface area contributed by atoms with Crippen molar-refractivity contribution >= 4 is 5.91 Å². The lowest BCUT2D eigenvalue weighted by Crippen LogP contribution is -2.34. The van der Waals surface area contributed by atoms with Crippen LogP contribution in [0.2, 0.25) is 0 Å². The van der Waals surface area contributed by atoms with E-state index in [1.54, 1.807) is 13.8 Å². The molecular formula is C9H19NO3. The van der Waals surface area contributed by atoms with E-state index in [2.05, 4.69) is 5.32 Å². The van der Waals surface area contributed by atoms with Gasteiger partial charge in [-0.1, -0.05) is 0 Å². The van der Waals surface area contributed by atoms with E-state index >= 15 is 0 Å². The quantitative estimate of drug-likeness (QED) is 0.591. The van der Waals surface area contributed by atoms with Gasteiger partial charge in [-0.3, -0.25) is 4.79 Å². The van der Waals surface area contributed by atoms with Gasteiger partial charge in [-0.05, 0) is 26.7 Å². The van der Waals surface area contributed by atoms with Gasteiger partial charge in [-0.15, -0.1) is 0 Å². The molecule has 0 spiro atoms. The predicted molar refractivity (Wildman–Crippen MR) is 50.4 cm³/mol. The van der Waals surface area contributed by atoms with Crippen LogP contribution in [0.5, 0.6) is 0 Å². The average Bonchev–Trinajstić information content (AvgIpc) is 2.10. The lowest BCUT2D eigenvalue weighted by Gasteiger charge is -2.10. The Hall–Kier alpha value is -0.610. The van der Waals surface area contributed by atoms with Gasteiger partial charge in [0.1, 0.15) is 6.10 Å². The van der Waals surface area contributed by atoms with Gasteiger partial charge < -0.3 is 15.2 Å². The molecule has 0 aliphatic carbocycles. The van der Waals surface area contributed by atoms with Crippen molar-refractivity contribution in [3.8, 4) is 0 Å². The number of ether oxygens (including phenoxy) is 1. The van der Waals surface area contributed by atoms with Crippen LogP contribution in [0, 0.1) is 0 Å². The highest BCUT2D eigenvalue weighted by Crippen LogP contribution is 1.94. The van der Waals surface area contributed by atoms with Gasteiger partial charge in [-0.25, -0.2) is 0 Å². The molecule has 13 heavy (non-hydrogen) atoms. The Kier molecular flexibility index (Phi) is 6.54. The van der Waals surface area contributed by atoms with Crippen LogP contribution in [0.4, 0.5) is 0 Å². The number of carbonyl (C=O) groups is 1. The summed E-state index contributed by atoms with van der Waals surface area (Å²) in [7, 11) is 1.50. The average molecular weight is 189 g/mol. The molecule has 0 radical (unpaired) electrons. The maximum absolute atomic E-state index is 11.1. The van der Waals surface area contributed by atoms with E-state index in [1.807, 2.05) is 0 Å². The third kappa shape index (κ3) is 6.54. The molecule has 4 heteroatoms. The summed E-state index contributed by atoms with van der Waals surface area (Å²) >= 11 is 0. The molecule has 0 bridgehead atoms. The van der Waals surface area contributed by atoms with E-state index in [9.17, 15) is 4.79 Å². The molecule has 2 N–H and O–H groups in total. The first kappa shape index (κ1) is 12.4. The van der Waals surface area contributed by atoms with Crippen molar-refractivity contribution in [3.63, 3.8) is 0 Å². The SMILES string of the molecule is COC(C)C(=O)NCCCC(C)O. The summed E-state index contributed by atoms with van der Waals surface area (Å²) < 4.78 is 4.83. The van der Waals surface area contributed by atoms with Crippen molar-refractivity contribution in [3.05, 3.63) is 0 Å². The monoisotopic (exact) mass is 189 g/mol. The number of methoxy groups -OCH3 is 1. The molecule has 0 saturated heterocycles. The van der Waals surface area contributed by atoms with Crippen molar-refractivity contribution in [2.75, 3.05) is 13.7 Å². The van der Waals surface area contributed by atoms with Crippen LogP contribution in [0.25, 0.3) is 0 Å². The Morgan fingerprint density at radius 1 is 1.54 bits per heavy atom. The van der Waals surface area contributed by atoms with Crippen molar-refractivity contribution in [1.82, 2.24) is 5.32 Å². The minimum absolute atomic E-state index is 0.104. The second-order valence-corrected chi connectivity index (χ2v) is 3.16. The molecule has 2 unspecified atom stereocenters. The van der Waals surface area contributed by atoms with Gasteiger partial charge in [0.2, 0.25) is 5.91 Å². The molecule has 0 aromatic rings. The number of nitrogens with one attached hydrogen (secondary N) is 1. The van der Waals surface area contributed by atoms with Crippen molar-refractivity contribution in [2.24, 2.45) is 0 Å². The molecule has 0 fully saturated rings. The largest absolute Gasteiger partial charge is 0.393 e. The number of amides is 1. The normalized spacial score (nSPS) is 15.1. The smallest absolute Gasteiger partial charge is 0.248 e. The van der Waals surface area contributed by atoms with Gasteiger partial charge in [-0.2, -0.15) is 0 Å². The molecule has 0 rings (SSSR count). The Balaban J connectivity index is 3.37. The van der Waals surface area contributed by atoms with Crippen molar-refractivity contribution in [1.29, 1.82) is 0 Å². The molecule has 1 amide bonds.